The predicted molar refractivity (Wildman–Crippen MR) is 126 cm³/mol. The van der Waals surface area contributed by atoms with Crippen molar-refractivity contribution in [3.05, 3.63) is 23.8 Å². The molecule has 1 aromatic rings. The average Bonchev–Trinajstić information content (AvgIpc) is 2.77. The van der Waals surface area contributed by atoms with E-state index in [1.165, 1.54) is 0 Å². The van der Waals surface area contributed by atoms with Crippen LogP contribution in [0.5, 0.6) is 0 Å². The average molecular weight is 431 g/mol. The first-order valence-corrected chi connectivity index (χ1v) is 11.7. The number of nitrogens with zero attached hydrogens (tertiary/aromatic N) is 4. The lowest BCUT2D eigenvalue weighted by molar-refractivity contribution is 0.147. The van der Waals surface area contributed by atoms with Gasteiger partial charge >= 0.3 is 12.1 Å². The van der Waals surface area contributed by atoms with Crippen molar-refractivity contribution in [3.63, 3.8) is 0 Å². The number of carbonyl (C=O) groups excluding carboxylic acids is 2. The molecule has 172 valence electrons. The summed E-state index contributed by atoms with van der Waals surface area (Å²) in [6.07, 6.45) is 2.27. The number of carbonyl (C=O) groups is 2. The Bertz CT molecular complexity index is 740. The third kappa shape index (κ3) is 6.58. The van der Waals surface area contributed by atoms with E-state index in [0.717, 1.165) is 89.5 Å². The second-order valence-corrected chi connectivity index (χ2v) is 8.55. The minimum Gasteiger partial charge on any atom is -0.322 e. The van der Waals surface area contributed by atoms with E-state index in [-0.39, 0.29) is 12.1 Å². The Morgan fingerprint density at radius 3 is 1.74 bits per heavy atom. The van der Waals surface area contributed by atoms with Gasteiger partial charge in [-0.05, 0) is 50.6 Å². The summed E-state index contributed by atoms with van der Waals surface area (Å²) in [6.45, 7) is 15.1. The van der Waals surface area contributed by atoms with Crippen molar-refractivity contribution < 1.29 is 9.59 Å². The topological polar surface area (TPSA) is 71.2 Å². The van der Waals surface area contributed by atoms with E-state index >= 15 is 0 Å². The summed E-state index contributed by atoms with van der Waals surface area (Å²) in [7, 11) is 0. The number of amides is 4. The van der Waals surface area contributed by atoms with Crippen LogP contribution >= 0.6 is 0 Å². The molecule has 8 nitrogen and oxygen atoms in total. The van der Waals surface area contributed by atoms with Gasteiger partial charge in [0.1, 0.15) is 0 Å². The fourth-order valence-electron chi connectivity index (χ4n) is 4.21. The molecule has 0 bridgehead atoms. The first-order valence-electron chi connectivity index (χ1n) is 11.7. The van der Waals surface area contributed by atoms with Gasteiger partial charge in [0.25, 0.3) is 0 Å². The third-order valence-corrected chi connectivity index (χ3v) is 6.13. The molecule has 0 saturated carbocycles. The fraction of sp³-hybridized carbons (Fsp3) is 0.652. The van der Waals surface area contributed by atoms with E-state index in [9.17, 15) is 9.59 Å². The molecule has 2 fully saturated rings. The molecule has 0 aromatic heterocycles. The molecule has 0 spiro atoms. The second kappa shape index (κ2) is 11.3. The van der Waals surface area contributed by atoms with E-state index < -0.39 is 0 Å². The van der Waals surface area contributed by atoms with Crippen LogP contribution in [-0.2, 0) is 0 Å². The van der Waals surface area contributed by atoms with Crippen molar-refractivity contribution in [1.29, 1.82) is 0 Å². The van der Waals surface area contributed by atoms with E-state index in [1.54, 1.807) is 0 Å². The number of piperazine rings is 2. The summed E-state index contributed by atoms with van der Waals surface area (Å²) in [5.41, 5.74) is 2.42. The third-order valence-electron chi connectivity index (χ3n) is 6.13. The zero-order valence-corrected chi connectivity index (χ0v) is 19.3. The molecule has 2 heterocycles. The minimum atomic E-state index is -0.0793. The van der Waals surface area contributed by atoms with Crippen LogP contribution in [-0.4, -0.2) is 97.1 Å². The molecule has 2 aliphatic rings. The molecule has 0 atom stereocenters. The molecule has 0 aliphatic carbocycles. The van der Waals surface area contributed by atoms with Gasteiger partial charge in [-0.2, -0.15) is 0 Å². The summed E-state index contributed by atoms with van der Waals surface area (Å²) in [5, 5.41) is 6.03. The van der Waals surface area contributed by atoms with Crippen LogP contribution in [0.25, 0.3) is 0 Å². The van der Waals surface area contributed by atoms with Crippen LogP contribution in [0.2, 0.25) is 0 Å². The maximum atomic E-state index is 12.7. The number of nitrogens with one attached hydrogen (secondary N) is 2. The molecule has 2 N–H and O–H groups in total. The quantitative estimate of drug-likeness (QED) is 0.728. The summed E-state index contributed by atoms with van der Waals surface area (Å²) < 4.78 is 0. The van der Waals surface area contributed by atoms with Gasteiger partial charge in [0, 0.05) is 63.7 Å². The molecule has 4 amide bonds. The lowest BCUT2D eigenvalue weighted by Crippen LogP contribution is -2.50. The number of urea groups is 2. The Labute approximate surface area is 186 Å². The van der Waals surface area contributed by atoms with Gasteiger partial charge in [-0.3, -0.25) is 9.80 Å². The highest BCUT2D eigenvalue weighted by Gasteiger charge is 2.22. The molecule has 2 saturated heterocycles. The van der Waals surface area contributed by atoms with Crippen LogP contribution in [0.1, 0.15) is 32.3 Å². The Hall–Kier alpha value is -2.32. The standard InChI is InChI=1S/C23H38N6O2/c1-4-8-26-10-14-28(15-11-26)22(30)24-20-7-6-19(3)21(18-20)25-23(31)29-16-12-27(9-5-2)13-17-29/h6-7,18H,4-5,8-17H2,1-3H3,(H,24,30)(H,25,31). The lowest BCUT2D eigenvalue weighted by atomic mass is 10.2. The monoisotopic (exact) mass is 430 g/mol. The molecule has 8 heteroatoms. The van der Waals surface area contributed by atoms with Gasteiger partial charge < -0.3 is 20.4 Å². The van der Waals surface area contributed by atoms with Crippen molar-refractivity contribution in [1.82, 2.24) is 19.6 Å². The molecule has 0 unspecified atom stereocenters. The number of hydrogen-bond donors (Lipinski definition) is 2. The summed E-state index contributed by atoms with van der Waals surface area (Å²) in [6, 6.07) is 5.52. The zero-order chi connectivity index (χ0) is 22.2. The Morgan fingerprint density at radius 2 is 1.26 bits per heavy atom. The predicted octanol–water partition coefficient (Wildman–Crippen LogP) is 3.11. The second-order valence-electron chi connectivity index (χ2n) is 8.55. The normalized spacial score (nSPS) is 18.2. The molecule has 3 rings (SSSR count). The van der Waals surface area contributed by atoms with Gasteiger partial charge in [0.05, 0.1) is 0 Å². The van der Waals surface area contributed by atoms with Gasteiger partial charge in [-0.15, -0.1) is 0 Å². The van der Waals surface area contributed by atoms with Crippen molar-refractivity contribution in [2.24, 2.45) is 0 Å². The smallest absolute Gasteiger partial charge is 0.321 e. The number of benzene rings is 1. The van der Waals surface area contributed by atoms with Crippen molar-refractivity contribution >= 4 is 23.4 Å². The van der Waals surface area contributed by atoms with Crippen LogP contribution < -0.4 is 10.6 Å². The molecule has 2 aliphatic heterocycles. The van der Waals surface area contributed by atoms with Gasteiger partial charge in [0.15, 0.2) is 0 Å². The lowest BCUT2D eigenvalue weighted by Gasteiger charge is -2.35. The van der Waals surface area contributed by atoms with Crippen LogP contribution in [0, 0.1) is 6.92 Å². The SMILES string of the molecule is CCCN1CCN(C(=O)Nc2ccc(C)c(NC(=O)N3CCN(CCC)CC3)c2)CC1. The van der Waals surface area contributed by atoms with Crippen LogP contribution in [0.3, 0.4) is 0 Å². The Kier molecular flexibility index (Phi) is 8.54. The van der Waals surface area contributed by atoms with Crippen LogP contribution in [0.15, 0.2) is 18.2 Å². The fourth-order valence-corrected chi connectivity index (χ4v) is 4.21. The summed E-state index contributed by atoms with van der Waals surface area (Å²) in [4.78, 5) is 33.9. The molecule has 1 aromatic carbocycles. The number of rotatable bonds is 6. The molecule has 0 radical (unpaired) electrons. The first-order chi connectivity index (χ1) is 15.0. The van der Waals surface area contributed by atoms with Gasteiger partial charge in [-0.1, -0.05) is 19.9 Å². The number of aryl methyl sites for hydroxylation is 1. The Balaban J connectivity index is 1.53. The molecular weight excluding hydrogens is 392 g/mol. The Morgan fingerprint density at radius 1 is 0.774 bits per heavy atom. The van der Waals surface area contributed by atoms with E-state index in [1.807, 2.05) is 34.9 Å². The maximum absolute atomic E-state index is 12.7. The molecular formula is C23H38N6O2. The number of anilines is 2. The number of hydrogen-bond acceptors (Lipinski definition) is 4. The van der Waals surface area contributed by atoms with Crippen LogP contribution in [0.4, 0.5) is 21.0 Å². The van der Waals surface area contributed by atoms with Gasteiger partial charge in [0.2, 0.25) is 0 Å². The van der Waals surface area contributed by atoms with Gasteiger partial charge in [-0.25, -0.2) is 9.59 Å². The highest BCUT2D eigenvalue weighted by atomic mass is 16.2. The minimum absolute atomic E-state index is 0.0743. The first kappa shape index (κ1) is 23.3. The zero-order valence-electron chi connectivity index (χ0n) is 19.3. The summed E-state index contributed by atoms with van der Waals surface area (Å²) in [5.74, 6) is 0. The largest absolute Gasteiger partial charge is 0.322 e. The van der Waals surface area contributed by atoms with E-state index in [0.29, 0.717) is 5.69 Å². The maximum Gasteiger partial charge on any atom is 0.321 e. The highest BCUT2D eigenvalue weighted by molar-refractivity contribution is 5.93. The molecule has 31 heavy (non-hydrogen) atoms. The van der Waals surface area contributed by atoms with Crippen molar-refractivity contribution in [2.45, 2.75) is 33.6 Å². The van der Waals surface area contributed by atoms with Crippen molar-refractivity contribution in [3.8, 4) is 0 Å². The van der Waals surface area contributed by atoms with E-state index in [4.69, 9.17) is 0 Å². The summed E-state index contributed by atoms with van der Waals surface area (Å²) >= 11 is 0. The van der Waals surface area contributed by atoms with Crippen molar-refractivity contribution in [2.75, 3.05) is 76.1 Å². The van der Waals surface area contributed by atoms with E-state index in [2.05, 4.69) is 34.3 Å². The highest BCUT2D eigenvalue weighted by Crippen LogP contribution is 2.21.